The third kappa shape index (κ3) is 6.03. The number of anilines is 1. The number of nitrogens with two attached hydrogens (primary N) is 1. The summed E-state index contributed by atoms with van der Waals surface area (Å²) in [6.45, 7) is 0.106. The molecule has 0 radical (unpaired) electrons. The number of hydrogen-bond acceptors (Lipinski definition) is 10. The van der Waals surface area contributed by atoms with Gasteiger partial charge in [0, 0.05) is 42.7 Å². The summed E-state index contributed by atoms with van der Waals surface area (Å²) in [5, 5.41) is 15.1. The number of benzene rings is 2. The van der Waals surface area contributed by atoms with Crippen molar-refractivity contribution in [2.24, 2.45) is 5.73 Å². The first-order valence-corrected chi connectivity index (χ1v) is 11.7. The Labute approximate surface area is 225 Å². The van der Waals surface area contributed by atoms with Gasteiger partial charge in [-0.1, -0.05) is 0 Å². The number of carbonyl (C=O) groups is 1. The average Bonchev–Trinajstić information content (AvgIpc) is 3.32. The summed E-state index contributed by atoms with van der Waals surface area (Å²) in [4.78, 5) is 35.1. The first-order chi connectivity index (χ1) is 19.2. The Kier molecular flexibility index (Phi) is 8.32. The molecule has 5 N–H and O–H groups in total. The lowest BCUT2D eigenvalue weighted by molar-refractivity contribution is -0.131. The number of rotatable bonds is 11. The van der Waals surface area contributed by atoms with Crippen LogP contribution in [-0.4, -0.2) is 56.9 Å². The average molecular weight is 555 g/mol. The highest BCUT2D eigenvalue weighted by atomic mass is 19.1. The number of aromatic nitrogens is 5. The van der Waals surface area contributed by atoms with Gasteiger partial charge >= 0.3 is 11.7 Å². The van der Waals surface area contributed by atoms with E-state index in [1.807, 2.05) is 0 Å². The lowest BCUT2D eigenvalue weighted by atomic mass is 10.0. The van der Waals surface area contributed by atoms with Crippen molar-refractivity contribution >= 4 is 17.5 Å². The topological polar surface area (TPSA) is 183 Å². The molecule has 15 heteroatoms. The van der Waals surface area contributed by atoms with Gasteiger partial charge in [-0.3, -0.25) is 15.2 Å². The molecule has 0 aliphatic heterocycles. The van der Waals surface area contributed by atoms with Crippen LogP contribution in [0.2, 0.25) is 0 Å². The van der Waals surface area contributed by atoms with Crippen LogP contribution < -0.4 is 31.0 Å². The van der Waals surface area contributed by atoms with Gasteiger partial charge in [-0.05, 0) is 24.3 Å². The number of methoxy groups -OCH3 is 1. The smallest absolute Gasteiger partial charge is 0.350 e. The summed E-state index contributed by atoms with van der Waals surface area (Å²) in [6, 6.07) is 7.21. The number of nitrogens with zero attached hydrogens (tertiary/aromatic N) is 4. The molecule has 0 saturated heterocycles. The van der Waals surface area contributed by atoms with Gasteiger partial charge in [-0.25, -0.2) is 23.5 Å². The van der Waals surface area contributed by atoms with Crippen LogP contribution in [0.1, 0.15) is 29.9 Å². The zero-order valence-corrected chi connectivity index (χ0v) is 21.3. The molecular formula is C25H24F2N8O5. The van der Waals surface area contributed by atoms with Crippen LogP contribution in [-0.2, 0) is 4.79 Å². The number of hydrogen-bond donors (Lipinski definition) is 4. The maximum Gasteiger partial charge on any atom is 0.350 e. The number of nitrogens with one attached hydrogen (secondary N) is 3. The van der Waals surface area contributed by atoms with Gasteiger partial charge < -0.3 is 25.3 Å². The molecule has 0 fully saturated rings. The highest BCUT2D eigenvalue weighted by Crippen LogP contribution is 2.35. The van der Waals surface area contributed by atoms with Crippen LogP contribution in [0, 0.1) is 11.2 Å². The monoisotopic (exact) mass is 554 g/mol. The van der Waals surface area contributed by atoms with Gasteiger partial charge in [-0.15, -0.1) is 9.78 Å². The van der Waals surface area contributed by atoms with E-state index in [1.165, 1.54) is 56.8 Å². The fraction of sp³-hybridized carbons (Fsp3) is 0.200. The minimum absolute atomic E-state index is 0.0291. The molecule has 0 aliphatic rings. The lowest BCUT2D eigenvalue weighted by Gasteiger charge is -2.21. The minimum Gasteiger partial charge on any atom is -0.494 e. The van der Waals surface area contributed by atoms with Crippen molar-refractivity contribution in [1.29, 1.82) is 5.41 Å². The van der Waals surface area contributed by atoms with E-state index < -0.39 is 30.2 Å². The number of alkyl halides is 1. The molecule has 4 aromatic rings. The summed E-state index contributed by atoms with van der Waals surface area (Å²) in [5.74, 6) is -2.06. The number of nitrogen functional groups attached to an aromatic ring is 1. The van der Waals surface area contributed by atoms with E-state index in [-0.39, 0.29) is 58.3 Å². The molecule has 2 heterocycles. The number of aromatic amines is 1. The van der Waals surface area contributed by atoms with Crippen LogP contribution in [0.5, 0.6) is 17.2 Å². The fourth-order valence-corrected chi connectivity index (χ4v) is 3.73. The highest BCUT2D eigenvalue weighted by Gasteiger charge is 2.27. The van der Waals surface area contributed by atoms with Crippen LogP contribution in [0.3, 0.4) is 0 Å². The Morgan fingerprint density at radius 3 is 2.62 bits per heavy atom. The predicted octanol–water partition coefficient (Wildman–Crippen LogP) is 2.26. The Hall–Kier alpha value is -5.34. The first-order valence-electron chi connectivity index (χ1n) is 11.7. The van der Waals surface area contributed by atoms with E-state index in [4.69, 9.17) is 25.4 Å². The van der Waals surface area contributed by atoms with Crippen molar-refractivity contribution < 1.29 is 27.8 Å². The normalized spacial score (nSPS) is 11.5. The summed E-state index contributed by atoms with van der Waals surface area (Å²) >= 11 is 0. The minimum atomic E-state index is -1.21. The number of amidine groups is 1. The molecule has 0 aliphatic carbocycles. The molecule has 0 amide bonds. The maximum atomic E-state index is 15.7. The molecular weight excluding hydrogens is 530 g/mol. The van der Waals surface area contributed by atoms with Crippen molar-refractivity contribution in [3.63, 3.8) is 0 Å². The van der Waals surface area contributed by atoms with Crippen molar-refractivity contribution in [2.75, 3.05) is 25.7 Å². The summed E-state index contributed by atoms with van der Waals surface area (Å²) in [5.41, 5.74) is 5.22. The second-order valence-corrected chi connectivity index (χ2v) is 8.14. The molecule has 13 nitrogen and oxygen atoms in total. The highest BCUT2D eigenvalue weighted by molar-refractivity contribution is 5.98. The van der Waals surface area contributed by atoms with E-state index in [1.54, 1.807) is 6.07 Å². The van der Waals surface area contributed by atoms with E-state index >= 15 is 4.39 Å². The van der Waals surface area contributed by atoms with Crippen LogP contribution >= 0.6 is 0 Å². The van der Waals surface area contributed by atoms with Crippen molar-refractivity contribution in [2.45, 2.75) is 13.0 Å². The number of halogens is 2. The molecule has 0 bridgehead atoms. The molecule has 4 rings (SSSR count). The van der Waals surface area contributed by atoms with Gasteiger partial charge in [0.25, 0.3) is 5.95 Å². The standard InChI is InChI=1S/C25H24F2N8O5/c1-13(36)40-18-10-14(4-5-16(18)22(28)29)32-21(17-11-15(39-9-6-26)12-19(38-2)20(17)27)23-33-25(37)35(34-23)24-30-7-3-8-31-24/h3-5,7-8,10-12,21,32H,6,9H2,1-2H3,(H3,28,29)(H,33,34,37). The van der Waals surface area contributed by atoms with Crippen molar-refractivity contribution in [1.82, 2.24) is 24.7 Å². The predicted molar refractivity (Wildman–Crippen MR) is 138 cm³/mol. The molecule has 0 spiro atoms. The molecule has 208 valence electrons. The zero-order valence-electron chi connectivity index (χ0n) is 21.3. The van der Waals surface area contributed by atoms with Crippen LogP contribution in [0.15, 0.2) is 53.6 Å². The molecule has 2 aromatic carbocycles. The maximum absolute atomic E-state index is 15.7. The quantitative estimate of drug-likeness (QED) is 0.0928. The second-order valence-electron chi connectivity index (χ2n) is 8.14. The Morgan fingerprint density at radius 1 is 1.23 bits per heavy atom. The Bertz CT molecular complexity index is 1590. The van der Waals surface area contributed by atoms with E-state index in [0.717, 1.165) is 4.68 Å². The first kappa shape index (κ1) is 27.7. The summed E-state index contributed by atoms with van der Waals surface area (Å²) in [7, 11) is 1.25. The molecule has 1 unspecified atom stereocenters. The molecule has 40 heavy (non-hydrogen) atoms. The van der Waals surface area contributed by atoms with Crippen molar-refractivity contribution in [3.05, 3.63) is 82.0 Å². The van der Waals surface area contributed by atoms with E-state index in [2.05, 4.69) is 25.4 Å². The van der Waals surface area contributed by atoms with Gasteiger partial charge in [0.2, 0.25) is 0 Å². The molecule has 1 atom stereocenters. The number of carbonyl (C=O) groups excluding carboxylic acids is 1. The largest absolute Gasteiger partial charge is 0.494 e. The zero-order chi connectivity index (χ0) is 28.8. The van der Waals surface area contributed by atoms with Crippen LogP contribution in [0.25, 0.3) is 5.95 Å². The second kappa shape index (κ2) is 12.0. The third-order valence-electron chi connectivity index (χ3n) is 5.40. The third-order valence-corrected chi connectivity index (χ3v) is 5.40. The summed E-state index contributed by atoms with van der Waals surface area (Å²) in [6.07, 6.45) is 2.84. The number of esters is 1. The Morgan fingerprint density at radius 2 is 1.98 bits per heavy atom. The van der Waals surface area contributed by atoms with Gasteiger partial charge in [-0.2, -0.15) is 0 Å². The number of H-pyrrole nitrogens is 1. The van der Waals surface area contributed by atoms with Crippen LogP contribution in [0.4, 0.5) is 14.5 Å². The Balaban J connectivity index is 1.88. The summed E-state index contributed by atoms with van der Waals surface area (Å²) < 4.78 is 45.1. The lowest BCUT2D eigenvalue weighted by Crippen LogP contribution is -2.18. The fourth-order valence-electron chi connectivity index (χ4n) is 3.73. The van der Waals surface area contributed by atoms with E-state index in [9.17, 15) is 14.0 Å². The van der Waals surface area contributed by atoms with Gasteiger partial charge in [0.05, 0.1) is 12.7 Å². The molecule has 0 saturated carbocycles. The number of ether oxygens (including phenoxy) is 3. The van der Waals surface area contributed by atoms with Crippen molar-refractivity contribution in [3.8, 4) is 23.2 Å². The van der Waals surface area contributed by atoms with Gasteiger partial charge in [0.1, 0.15) is 36.7 Å². The van der Waals surface area contributed by atoms with Gasteiger partial charge in [0.15, 0.2) is 17.4 Å². The molecule has 2 aromatic heterocycles. The van der Waals surface area contributed by atoms with E-state index in [0.29, 0.717) is 0 Å². The SMILES string of the molecule is COc1cc(OCCF)cc(C(Nc2ccc(C(=N)N)c(OC(C)=O)c2)c2nn(-c3ncccn3)c(=O)[nH]2)c1F.